The minimum atomic E-state index is -3.62. The van der Waals surface area contributed by atoms with Crippen molar-refractivity contribution < 1.29 is 27.9 Å². The van der Waals surface area contributed by atoms with Crippen LogP contribution in [0.3, 0.4) is 0 Å². The number of benzene rings is 2. The topological polar surface area (TPSA) is 126 Å². The van der Waals surface area contributed by atoms with Crippen molar-refractivity contribution in [2.24, 2.45) is 0 Å². The second-order valence-electron chi connectivity index (χ2n) is 7.33. The van der Waals surface area contributed by atoms with E-state index in [2.05, 4.69) is 10.3 Å². The molecule has 2 heterocycles. The van der Waals surface area contributed by atoms with Gasteiger partial charge in [-0.25, -0.2) is 18.2 Å². The predicted octanol–water partition coefficient (Wildman–Crippen LogP) is 1.94. The third kappa shape index (κ3) is 4.75. The lowest BCUT2D eigenvalue weighted by atomic mass is 10.2. The van der Waals surface area contributed by atoms with Gasteiger partial charge >= 0.3 is 5.97 Å². The van der Waals surface area contributed by atoms with Gasteiger partial charge in [-0.2, -0.15) is 0 Å². The number of amides is 1. The molecule has 0 fully saturated rings. The molecule has 33 heavy (non-hydrogen) atoms. The highest BCUT2D eigenvalue weighted by Gasteiger charge is 2.34. The van der Waals surface area contributed by atoms with Crippen LogP contribution in [-0.2, 0) is 29.9 Å². The predicted molar refractivity (Wildman–Crippen MR) is 123 cm³/mol. The first-order valence-corrected chi connectivity index (χ1v) is 12.4. The number of hydrogen-bond donors (Lipinski definition) is 2. The molecule has 1 amide bonds. The van der Waals surface area contributed by atoms with E-state index in [0.717, 1.165) is 11.3 Å². The molecule has 1 aliphatic rings. The number of esters is 1. The third-order valence-electron chi connectivity index (χ3n) is 5.06. The first-order valence-electron chi connectivity index (χ1n) is 9.98. The number of ether oxygens (including phenoxy) is 1. The maximum absolute atomic E-state index is 12.8. The molecule has 0 saturated carbocycles. The van der Waals surface area contributed by atoms with E-state index in [1.54, 1.807) is 42.5 Å². The molecule has 1 aliphatic heterocycles. The Kier molecular flexibility index (Phi) is 6.45. The number of aliphatic hydroxyl groups excluding tert-OH is 1. The van der Waals surface area contributed by atoms with Crippen molar-refractivity contribution in [2.45, 2.75) is 10.1 Å². The zero-order chi connectivity index (χ0) is 23.6. The molecule has 0 aliphatic carbocycles. The van der Waals surface area contributed by atoms with Gasteiger partial charge in [0.2, 0.25) is 14.2 Å². The lowest BCUT2D eigenvalue weighted by Gasteiger charge is -2.15. The number of anilines is 1. The quantitative estimate of drug-likeness (QED) is 0.462. The monoisotopic (exact) mass is 487 g/mol. The number of fused-ring (bicyclic) bond motifs is 1. The van der Waals surface area contributed by atoms with E-state index >= 15 is 0 Å². The van der Waals surface area contributed by atoms with Crippen LogP contribution >= 0.6 is 11.3 Å². The highest BCUT2D eigenvalue weighted by Crippen LogP contribution is 2.31. The minimum absolute atomic E-state index is 0.0130. The molecular weight excluding hydrogens is 466 g/mol. The lowest BCUT2D eigenvalue weighted by molar-refractivity contribution is -0.136. The van der Waals surface area contributed by atoms with Gasteiger partial charge in [0.05, 0.1) is 41.8 Å². The van der Waals surface area contributed by atoms with Crippen LogP contribution in [0.4, 0.5) is 5.69 Å². The molecule has 0 bridgehead atoms. The Labute approximate surface area is 194 Å². The number of nitrogens with one attached hydrogen (secondary N) is 1. The summed E-state index contributed by atoms with van der Waals surface area (Å²) in [7, 11) is -2.40. The molecule has 3 aromatic rings. The summed E-state index contributed by atoms with van der Waals surface area (Å²) in [4.78, 5) is 30.5. The Bertz CT molecular complexity index is 1350. The maximum atomic E-state index is 12.8. The number of sulfone groups is 1. The van der Waals surface area contributed by atoms with E-state index in [0.29, 0.717) is 21.5 Å². The number of carbonyl (C=O) groups is 2. The van der Waals surface area contributed by atoms with Crippen molar-refractivity contribution in [1.82, 2.24) is 9.88 Å². The van der Waals surface area contributed by atoms with Crippen LogP contribution in [0.5, 0.6) is 0 Å². The molecule has 2 N–H and O–H groups in total. The number of thiazole rings is 1. The summed E-state index contributed by atoms with van der Waals surface area (Å²) in [6.07, 6.45) is 0. The second kappa shape index (κ2) is 9.30. The molecule has 0 atom stereocenters. The average molecular weight is 488 g/mol. The molecule has 11 heteroatoms. The van der Waals surface area contributed by atoms with Crippen molar-refractivity contribution in [3.8, 4) is 0 Å². The highest BCUT2D eigenvalue weighted by atomic mass is 32.2. The van der Waals surface area contributed by atoms with Gasteiger partial charge in [-0.05, 0) is 23.8 Å². The Morgan fingerprint density at radius 3 is 2.70 bits per heavy atom. The van der Waals surface area contributed by atoms with E-state index in [4.69, 9.17) is 4.74 Å². The van der Waals surface area contributed by atoms with Gasteiger partial charge < -0.3 is 20.1 Å². The Morgan fingerprint density at radius 2 is 2.00 bits per heavy atom. The molecule has 1 aromatic heterocycles. The van der Waals surface area contributed by atoms with Gasteiger partial charge in [0.25, 0.3) is 5.91 Å². The number of aromatic nitrogens is 1. The van der Waals surface area contributed by atoms with E-state index < -0.39 is 21.7 Å². The van der Waals surface area contributed by atoms with Crippen LogP contribution in [0.25, 0.3) is 10.2 Å². The largest absolute Gasteiger partial charge is 0.466 e. The molecule has 172 valence electrons. The van der Waals surface area contributed by atoms with Gasteiger partial charge in [0, 0.05) is 12.2 Å². The number of methoxy groups -OCH3 is 1. The fraction of sp³-hybridized carbons (Fsp3) is 0.227. The summed E-state index contributed by atoms with van der Waals surface area (Å²) in [5, 5.41) is 12.1. The molecule has 0 unspecified atom stereocenters. The Balaban J connectivity index is 1.62. The van der Waals surface area contributed by atoms with Crippen LogP contribution in [0.1, 0.15) is 5.56 Å². The van der Waals surface area contributed by atoms with Gasteiger partial charge in [0.15, 0.2) is 0 Å². The van der Waals surface area contributed by atoms with Gasteiger partial charge in [-0.15, -0.1) is 11.3 Å². The molecule has 4 rings (SSSR count). The number of β-amino-alcohol motifs (C(OH)–C–C–N with tert-alkyl or cyclic N) is 1. The van der Waals surface area contributed by atoms with Crippen LogP contribution < -0.4 is 5.32 Å². The average Bonchev–Trinajstić information content (AvgIpc) is 3.36. The van der Waals surface area contributed by atoms with E-state index in [-0.39, 0.29) is 41.1 Å². The summed E-state index contributed by atoms with van der Waals surface area (Å²) in [5.41, 5.74) is 1.91. The van der Waals surface area contributed by atoms with Crippen molar-refractivity contribution >= 4 is 49.0 Å². The summed E-state index contributed by atoms with van der Waals surface area (Å²) in [5.74, 6) is -1.22. The molecule has 0 spiro atoms. The van der Waals surface area contributed by atoms with Crippen LogP contribution in [0.15, 0.2) is 64.1 Å². The number of nitrogens with zero attached hydrogens (tertiary/aromatic N) is 2. The van der Waals surface area contributed by atoms with E-state index in [1.165, 1.54) is 12.0 Å². The summed E-state index contributed by atoms with van der Waals surface area (Å²) < 4.78 is 31.1. The van der Waals surface area contributed by atoms with Gasteiger partial charge in [-0.1, -0.05) is 30.3 Å². The first kappa shape index (κ1) is 22.9. The number of rotatable bonds is 8. The molecule has 2 aromatic carbocycles. The summed E-state index contributed by atoms with van der Waals surface area (Å²) in [6.45, 7) is -0.124. The van der Waals surface area contributed by atoms with Crippen molar-refractivity contribution in [3.05, 3.63) is 65.4 Å². The summed E-state index contributed by atoms with van der Waals surface area (Å²) >= 11 is 1.04. The minimum Gasteiger partial charge on any atom is -0.466 e. The molecular formula is C22H21N3O6S2. The zero-order valence-corrected chi connectivity index (χ0v) is 19.3. The van der Waals surface area contributed by atoms with Crippen molar-refractivity contribution in [2.75, 3.05) is 32.1 Å². The highest BCUT2D eigenvalue weighted by molar-refractivity contribution is 7.92. The normalized spacial score (nSPS) is 14.2. The molecule has 0 saturated heterocycles. The lowest BCUT2D eigenvalue weighted by Crippen LogP contribution is -2.31. The third-order valence-corrected chi connectivity index (χ3v) is 8.22. The van der Waals surface area contributed by atoms with Crippen LogP contribution in [-0.4, -0.2) is 62.1 Å². The molecule has 9 nitrogen and oxygen atoms in total. The molecule has 0 radical (unpaired) electrons. The summed E-state index contributed by atoms with van der Waals surface area (Å²) in [6, 6.07) is 13.9. The van der Waals surface area contributed by atoms with Gasteiger partial charge in [0.1, 0.15) is 5.70 Å². The smallest absolute Gasteiger partial charge is 0.337 e. The van der Waals surface area contributed by atoms with Crippen LogP contribution in [0.2, 0.25) is 0 Å². The van der Waals surface area contributed by atoms with Gasteiger partial charge in [-0.3, -0.25) is 4.79 Å². The zero-order valence-electron chi connectivity index (χ0n) is 17.6. The second-order valence-corrected chi connectivity index (χ2v) is 10.5. The fourth-order valence-electron chi connectivity index (χ4n) is 3.46. The van der Waals surface area contributed by atoms with Crippen molar-refractivity contribution in [1.29, 1.82) is 0 Å². The van der Waals surface area contributed by atoms with E-state index in [9.17, 15) is 23.1 Å². The Morgan fingerprint density at radius 1 is 1.24 bits per heavy atom. The van der Waals surface area contributed by atoms with Crippen LogP contribution in [0, 0.1) is 0 Å². The SMILES string of the molecule is COC(=O)C1=C(Nc2ccc3nc(S(=O)(=O)Cc4ccccc4)sc3c2)C(=O)N(CCO)C1. The standard InChI is InChI=1S/C22H21N3O6S2/c1-31-21(28)16-12-25(9-10-26)20(27)19(16)23-15-7-8-17-18(11-15)32-22(24-17)33(29,30)13-14-5-3-2-4-6-14/h2-8,11,23,26H,9-10,12-13H2,1H3. The number of aliphatic hydroxyl groups is 1. The maximum Gasteiger partial charge on any atom is 0.337 e. The fourth-order valence-corrected chi connectivity index (χ4v) is 6.15. The van der Waals surface area contributed by atoms with Crippen molar-refractivity contribution in [3.63, 3.8) is 0 Å². The van der Waals surface area contributed by atoms with E-state index in [1.807, 2.05) is 6.07 Å². The Hall–Kier alpha value is -3.28. The first-order chi connectivity index (χ1) is 15.8. The number of hydrogen-bond acceptors (Lipinski definition) is 9. The number of carbonyl (C=O) groups excluding carboxylic acids is 2.